The van der Waals surface area contributed by atoms with E-state index >= 15 is 0 Å². The van der Waals surface area contributed by atoms with Gasteiger partial charge in [0.1, 0.15) is 24.4 Å². The fourth-order valence-corrected chi connectivity index (χ4v) is 6.40. The number of benzene rings is 4. The highest BCUT2D eigenvalue weighted by molar-refractivity contribution is 5.93. The fourth-order valence-electron chi connectivity index (χ4n) is 6.40. The van der Waals surface area contributed by atoms with Crippen molar-refractivity contribution in [2.75, 3.05) is 0 Å². The first-order valence-corrected chi connectivity index (χ1v) is 18.1. The first-order valence-electron chi connectivity index (χ1n) is 18.1. The zero-order valence-corrected chi connectivity index (χ0v) is 31.2. The molecule has 2 saturated carbocycles. The molecule has 20 nitrogen and oxygen atoms in total. The number of carbonyl (C=O) groups excluding carboxylic acids is 4. The maximum atomic E-state index is 12.3. The van der Waals surface area contributed by atoms with E-state index in [1.165, 1.54) is 0 Å². The van der Waals surface area contributed by atoms with Gasteiger partial charge < -0.3 is 80.2 Å². The molecule has 0 heterocycles. The molecule has 6 rings (SSSR count). The van der Waals surface area contributed by atoms with E-state index in [1.807, 2.05) is 0 Å². The zero-order chi connectivity index (χ0) is 44.0. The average Bonchev–Trinajstić information content (AvgIpc) is 3.19. The summed E-state index contributed by atoms with van der Waals surface area (Å²) in [6, 6.07) is 7.68. The van der Waals surface area contributed by atoms with Crippen LogP contribution >= 0.6 is 0 Å². The van der Waals surface area contributed by atoms with Crippen LogP contribution in [0.15, 0.2) is 48.5 Å². The third kappa shape index (κ3) is 10.4. The highest BCUT2D eigenvalue weighted by atomic mass is 16.6. The molecular formula is C40H40O20. The van der Waals surface area contributed by atoms with Gasteiger partial charge in [0, 0.05) is 12.8 Å². The minimum atomic E-state index is -0.828. The summed E-state index contributed by atoms with van der Waals surface area (Å²) in [6.45, 7) is 0. The number of carbonyl (C=O) groups is 4. The predicted octanol–water partition coefficient (Wildman–Crippen LogP) is 4.49. The summed E-state index contributed by atoms with van der Waals surface area (Å²) in [6.07, 6.45) is 1.25. The van der Waals surface area contributed by atoms with Crippen LogP contribution in [0.1, 0.15) is 92.8 Å². The van der Waals surface area contributed by atoms with E-state index in [4.69, 9.17) is 18.9 Å². The van der Waals surface area contributed by atoms with Crippen LogP contribution in [0.3, 0.4) is 0 Å². The third-order valence-corrected chi connectivity index (χ3v) is 9.47. The quantitative estimate of drug-likeness (QED) is 0.0660. The van der Waals surface area contributed by atoms with Crippen LogP contribution < -0.4 is 0 Å². The van der Waals surface area contributed by atoms with E-state index < -0.39 is 117 Å². The molecule has 2 aliphatic rings. The summed E-state index contributed by atoms with van der Waals surface area (Å²) in [5.74, 6) is -11.7. The Kier molecular flexibility index (Phi) is 13.3. The number of ether oxygens (including phenoxy) is 4. The van der Waals surface area contributed by atoms with E-state index in [9.17, 15) is 80.5 Å². The van der Waals surface area contributed by atoms with Gasteiger partial charge in [-0.3, -0.25) is 0 Å². The van der Waals surface area contributed by atoms with Crippen molar-refractivity contribution in [3.63, 3.8) is 0 Å². The molecule has 0 aromatic heterocycles. The van der Waals surface area contributed by atoms with Crippen LogP contribution in [0.2, 0.25) is 0 Å². The molecule has 0 unspecified atom stereocenters. The molecule has 0 aliphatic heterocycles. The van der Waals surface area contributed by atoms with E-state index in [2.05, 4.69) is 0 Å². The Balaban J connectivity index is 0.000000228. The molecule has 20 heteroatoms. The maximum Gasteiger partial charge on any atom is 0.338 e. The van der Waals surface area contributed by atoms with Crippen LogP contribution in [0.4, 0.5) is 0 Å². The molecular weight excluding hydrogens is 800 g/mol. The topological polar surface area (TPSA) is 348 Å². The number of phenols is 12. The van der Waals surface area contributed by atoms with Crippen LogP contribution in [0.25, 0.3) is 0 Å². The minimum Gasteiger partial charge on any atom is -0.504 e. The van der Waals surface area contributed by atoms with Crippen molar-refractivity contribution in [1.29, 1.82) is 0 Å². The molecule has 0 saturated heterocycles. The first-order chi connectivity index (χ1) is 28.3. The minimum absolute atomic E-state index is 0.156. The average molecular weight is 841 g/mol. The summed E-state index contributed by atoms with van der Waals surface area (Å²) >= 11 is 0. The van der Waals surface area contributed by atoms with Gasteiger partial charge in [0.25, 0.3) is 0 Å². The Labute approximate surface area is 338 Å². The van der Waals surface area contributed by atoms with Gasteiger partial charge in [-0.25, -0.2) is 19.2 Å². The Morgan fingerprint density at radius 2 is 0.500 bits per heavy atom. The van der Waals surface area contributed by atoms with Gasteiger partial charge in [0.15, 0.2) is 69.0 Å². The van der Waals surface area contributed by atoms with Gasteiger partial charge in [0.05, 0.1) is 22.3 Å². The summed E-state index contributed by atoms with van der Waals surface area (Å²) in [7, 11) is 0. The summed E-state index contributed by atoms with van der Waals surface area (Å²) in [5.41, 5.74) is -0.622. The Morgan fingerprint density at radius 1 is 0.333 bits per heavy atom. The van der Waals surface area contributed by atoms with Crippen molar-refractivity contribution in [3.05, 3.63) is 70.8 Å². The Hall–Kier alpha value is -7.64. The molecule has 0 radical (unpaired) electrons. The molecule has 0 amide bonds. The van der Waals surface area contributed by atoms with Gasteiger partial charge in [-0.15, -0.1) is 0 Å². The second-order valence-corrected chi connectivity index (χ2v) is 13.9. The normalized spacial score (nSPS) is 18.5. The number of hydrogen-bond donors (Lipinski definition) is 12. The molecule has 12 N–H and O–H groups in total. The van der Waals surface area contributed by atoms with Crippen LogP contribution in [-0.4, -0.2) is 110 Å². The molecule has 0 bridgehead atoms. The summed E-state index contributed by atoms with van der Waals surface area (Å²) < 4.78 is 21.4. The molecule has 2 fully saturated rings. The van der Waals surface area contributed by atoms with Crippen molar-refractivity contribution < 1.29 is 99.4 Å². The van der Waals surface area contributed by atoms with Crippen molar-refractivity contribution >= 4 is 23.9 Å². The second-order valence-electron chi connectivity index (χ2n) is 13.9. The van der Waals surface area contributed by atoms with Gasteiger partial charge >= 0.3 is 23.9 Å². The van der Waals surface area contributed by atoms with Gasteiger partial charge in [-0.2, -0.15) is 0 Å². The van der Waals surface area contributed by atoms with E-state index in [1.54, 1.807) is 0 Å². The van der Waals surface area contributed by atoms with Gasteiger partial charge in [-0.05, 0) is 87.1 Å². The number of aromatic hydroxyl groups is 12. The number of hydrogen-bond acceptors (Lipinski definition) is 20. The monoisotopic (exact) mass is 840 g/mol. The van der Waals surface area contributed by atoms with E-state index in [0.717, 1.165) is 48.5 Å². The summed E-state index contributed by atoms with van der Waals surface area (Å²) in [5, 5.41) is 114. The van der Waals surface area contributed by atoms with E-state index in [-0.39, 0.29) is 35.1 Å². The lowest BCUT2D eigenvalue weighted by atomic mass is 9.94. The molecule has 4 aromatic carbocycles. The largest absolute Gasteiger partial charge is 0.504 e. The lowest BCUT2D eigenvalue weighted by molar-refractivity contribution is -0.0193. The number of rotatable bonds is 8. The first kappa shape index (κ1) is 43.5. The SMILES string of the molecule is O=C(O[C@@H]1CCC[C@@H](OC(=O)c2cc(O)c(O)c(O)c2)C1)c1cc(O)c(O)c(O)c1.O=C(O[C@H]1CCC[C@H](OC(=O)c2cc(O)c(O)c(O)c2)C1)c1cc(O)c(O)c(O)c1. The Bertz CT molecular complexity index is 1880. The summed E-state index contributed by atoms with van der Waals surface area (Å²) in [4.78, 5) is 49.1. The zero-order valence-electron chi connectivity index (χ0n) is 31.2. The lowest BCUT2D eigenvalue weighted by Crippen LogP contribution is -2.31. The number of esters is 4. The van der Waals surface area contributed by atoms with E-state index in [0.29, 0.717) is 38.5 Å². The van der Waals surface area contributed by atoms with Crippen molar-refractivity contribution in [1.82, 2.24) is 0 Å². The van der Waals surface area contributed by atoms with Crippen LogP contribution in [0.5, 0.6) is 69.0 Å². The third-order valence-electron chi connectivity index (χ3n) is 9.47. The Morgan fingerprint density at radius 3 is 0.667 bits per heavy atom. The van der Waals surface area contributed by atoms with Gasteiger partial charge in [-0.1, -0.05) is 0 Å². The molecule has 4 atom stereocenters. The predicted molar refractivity (Wildman–Crippen MR) is 199 cm³/mol. The number of phenolic OH excluding ortho intramolecular Hbond substituents is 12. The van der Waals surface area contributed by atoms with Crippen molar-refractivity contribution in [2.45, 2.75) is 75.8 Å². The highest BCUT2D eigenvalue weighted by Gasteiger charge is 2.31. The van der Waals surface area contributed by atoms with Gasteiger partial charge in [0.2, 0.25) is 0 Å². The van der Waals surface area contributed by atoms with Crippen LogP contribution in [0, 0.1) is 0 Å². The van der Waals surface area contributed by atoms with Crippen LogP contribution in [-0.2, 0) is 18.9 Å². The molecule has 2 aliphatic carbocycles. The second kappa shape index (κ2) is 18.3. The molecule has 0 spiro atoms. The van der Waals surface area contributed by atoms with Crippen molar-refractivity contribution in [2.24, 2.45) is 0 Å². The molecule has 60 heavy (non-hydrogen) atoms. The fraction of sp³-hybridized carbons (Fsp3) is 0.300. The molecule has 4 aromatic rings. The smallest absolute Gasteiger partial charge is 0.338 e. The van der Waals surface area contributed by atoms with Crippen molar-refractivity contribution in [3.8, 4) is 69.0 Å². The molecule has 320 valence electrons. The highest BCUT2D eigenvalue weighted by Crippen LogP contribution is 2.39. The standard InChI is InChI=1S/2C20H20O10/c2*21-13-4-9(5-14(22)17(13)25)19(27)29-11-2-1-3-12(8-11)30-20(28)10-6-15(23)18(26)16(24)7-10/h2*4-7,11-12,21-26H,1-3,8H2/t2*11-,12-/m10/s1. The maximum absolute atomic E-state index is 12.3. The lowest BCUT2D eigenvalue weighted by Gasteiger charge is -2.28.